The van der Waals surface area contributed by atoms with Crippen LogP contribution in [0.4, 0.5) is 0 Å². The van der Waals surface area contributed by atoms with Crippen LogP contribution < -0.4 is 0 Å². The number of hydrogen-bond acceptors (Lipinski definition) is 2. The maximum atomic E-state index is 10.8. The van der Waals surface area contributed by atoms with Gasteiger partial charge in [0.1, 0.15) is 0 Å². The molecule has 98 valence electrons. The zero-order chi connectivity index (χ0) is 12.8. The molecule has 0 radical (unpaired) electrons. The fourth-order valence-corrected chi connectivity index (χ4v) is 1.54. The van der Waals surface area contributed by atoms with E-state index in [0.717, 1.165) is 6.42 Å². The second-order valence-corrected chi connectivity index (χ2v) is 4.19. The first-order valence-electron chi connectivity index (χ1n) is 6.69. The van der Waals surface area contributed by atoms with Gasteiger partial charge in [-0.3, -0.25) is 4.79 Å². The second kappa shape index (κ2) is 13.0. The van der Waals surface area contributed by atoms with Gasteiger partial charge in [-0.1, -0.05) is 63.3 Å². The molecule has 0 aliphatic heterocycles. The standard InChI is InChI=1S/C15H26O2/c1-3-4-5-6-7-8-9-10-11-12-13-14-15(16)17-2/h10-13H,3-9,14H2,1-2H3/b11-10-,13-12-. The van der Waals surface area contributed by atoms with Crippen LogP contribution in [0.15, 0.2) is 24.3 Å². The Labute approximate surface area is 106 Å². The van der Waals surface area contributed by atoms with Crippen molar-refractivity contribution in [2.45, 2.75) is 58.3 Å². The van der Waals surface area contributed by atoms with Crippen LogP contribution in [0.5, 0.6) is 0 Å². The molecule has 0 aromatic carbocycles. The molecule has 2 nitrogen and oxygen atoms in total. The Hall–Kier alpha value is -1.05. The number of ether oxygens (including phenoxy) is 1. The Balaban J connectivity index is 3.27. The van der Waals surface area contributed by atoms with Crippen molar-refractivity contribution in [2.75, 3.05) is 7.11 Å². The molecule has 0 saturated carbocycles. The lowest BCUT2D eigenvalue weighted by molar-refractivity contribution is -0.139. The van der Waals surface area contributed by atoms with Crippen LogP contribution in [0.2, 0.25) is 0 Å². The number of unbranched alkanes of at least 4 members (excludes halogenated alkanes) is 6. The lowest BCUT2D eigenvalue weighted by Crippen LogP contribution is -1.96. The van der Waals surface area contributed by atoms with E-state index in [-0.39, 0.29) is 5.97 Å². The van der Waals surface area contributed by atoms with Gasteiger partial charge in [-0.15, -0.1) is 0 Å². The highest BCUT2D eigenvalue weighted by atomic mass is 16.5. The summed E-state index contributed by atoms with van der Waals surface area (Å²) in [5.74, 6) is -0.189. The molecule has 17 heavy (non-hydrogen) atoms. The van der Waals surface area contributed by atoms with Crippen LogP contribution in [0.1, 0.15) is 58.3 Å². The molecule has 0 N–H and O–H groups in total. The highest BCUT2D eigenvalue weighted by molar-refractivity contribution is 5.70. The first-order valence-corrected chi connectivity index (χ1v) is 6.69. The van der Waals surface area contributed by atoms with Gasteiger partial charge in [0, 0.05) is 0 Å². The van der Waals surface area contributed by atoms with Crippen molar-refractivity contribution in [1.29, 1.82) is 0 Å². The molecule has 0 spiro atoms. The number of methoxy groups -OCH3 is 1. The number of rotatable bonds is 10. The highest BCUT2D eigenvalue weighted by Gasteiger charge is 1.92. The maximum Gasteiger partial charge on any atom is 0.309 e. The lowest BCUT2D eigenvalue weighted by Gasteiger charge is -1.97. The fraction of sp³-hybridized carbons (Fsp3) is 0.667. The maximum absolute atomic E-state index is 10.8. The SMILES string of the molecule is CCCCCCCC/C=C\C=C/CC(=O)OC. The summed E-state index contributed by atoms with van der Waals surface area (Å²) >= 11 is 0. The Morgan fingerprint density at radius 3 is 2.35 bits per heavy atom. The van der Waals surface area contributed by atoms with Crippen LogP contribution in [0, 0.1) is 0 Å². The van der Waals surface area contributed by atoms with E-state index in [0.29, 0.717) is 6.42 Å². The zero-order valence-corrected chi connectivity index (χ0v) is 11.3. The number of allylic oxidation sites excluding steroid dienone is 3. The molecule has 0 heterocycles. The third kappa shape index (κ3) is 12.9. The smallest absolute Gasteiger partial charge is 0.309 e. The van der Waals surface area contributed by atoms with Crippen LogP contribution in [-0.4, -0.2) is 13.1 Å². The number of carbonyl (C=O) groups is 1. The van der Waals surface area contributed by atoms with E-state index in [9.17, 15) is 4.79 Å². The largest absolute Gasteiger partial charge is 0.469 e. The van der Waals surface area contributed by atoms with Gasteiger partial charge < -0.3 is 4.74 Å². The summed E-state index contributed by atoms with van der Waals surface area (Å²) in [5.41, 5.74) is 0. The molecule has 2 heteroatoms. The first-order chi connectivity index (χ1) is 8.31. The summed E-state index contributed by atoms with van der Waals surface area (Å²) in [5, 5.41) is 0. The van der Waals surface area contributed by atoms with E-state index in [1.54, 1.807) is 0 Å². The molecule has 0 aliphatic rings. The minimum absolute atomic E-state index is 0.189. The van der Waals surface area contributed by atoms with E-state index in [4.69, 9.17) is 0 Å². The molecule has 0 saturated heterocycles. The van der Waals surface area contributed by atoms with Crippen molar-refractivity contribution < 1.29 is 9.53 Å². The predicted octanol–water partition coefficient (Wildman–Crippen LogP) is 4.41. The van der Waals surface area contributed by atoms with Gasteiger partial charge in [0.25, 0.3) is 0 Å². The molecule has 0 aromatic heterocycles. The normalized spacial score (nSPS) is 11.4. The summed E-state index contributed by atoms with van der Waals surface area (Å²) in [4.78, 5) is 10.8. The highest BCUT2D eigenvalue weighted by Crippen LogP contribution is 2.07. The van der Waals surface area contributed by atoms with Gasteiger partial charge in [-0.05, 0) is 12.8 Å². The van der Waals surface area contributed by atoms with Gasteiger partial charge >= 0.3 is 5.97 Å². The monoisotopic (exact) mass is 238 g/mol. The van der Waals surface area contributed by atoms with Gasteiger partial charge in [-0.2, -0.15) is 0 Å². The van der Waals surface area contributed by atoms with Gasteiger partial charge in [0.15, 0.2) is 0 Å². The van der Waals surface area contributed by atoms with E-state index in [1.165, 1.54) is 45.6 Å². The predicted molar refractivity (Wildman–Crippen MR) is 72.9 cm³/mol. The molecule has 0 aromatic rings. The Morgan fingerprint density at radius 2 is 1.65 bits per heavy atom. The van der Waals surface area contributed by atoms with Crippen molar-refractivity contribution in [3.63, 3.8) is 0 Å². The number of esters is 1. The van der Waals surface area contributed by atoms with Crippen molar-refractivity contribution in [2.24, 2.45) is 0 Å². The van der Waals surface area contributed by atoms with Gasteiger partial charge in [0.2, 0.25) is 0 Å². The van der Waals surface area contributed by atoms with Crippen molar-refractivity contribution >= 4 is 5.97 Å². The van der Waals surface area contributed by atoms with Gasteiger partial charge in [0.05, 0.1) is 13.5 Å². The van der Waals surface area contributed by atoms with Gasteiger partial charge in [-0.25, -0.2) is 0 Å². The van der Waals surface area contributed by atoms with Crippen LogP contribution in [0.25, 0.3) is 0 Å². The molecule has 0 unspecified atom stereocenters. The first kappa shape index (κ1) is 16.0. The quantitative estimate of drug-likeness (QED) is 0.320. The molecule has 0 bridgehead atoms. The van der Waals surface area contributed by atoms with E-state index in [2.05, 4.69) is 17.7 Å². The zero-order valence-electron chi connectivity index (χ0n) is 11.3. The third-order valence-corrected chi connectivity index (χ3v) is 2.62. The molecule has 0 fully saturated rings. The third-order valence-electron chi connectivity index (χ3n) is 2.62. The molecule has 0 aliphatic carbocycles. The Bertz CT molecular complexity index is 229. The summed E-state index contributed by atoms with van der Waals surface area (Å²) in [6, 6.07) is 0. The average Bonchev–Trinajstić information content (AvgIpc) is 2.35. The summed E-state index contributed by atoms with van der Waals surface area (Å²) < 4.78 is 4.53. The van der Waals surface area contributed by atoms with Crippen LogP contribution in [0.3, 0.4) is 0 Å². The van der Waals surface area contributed by atoms with Crippen LogP contribution in [-0.2, 0) is 9.53 Å². The minimum atomic E-state index is -0.189. The number of hydrogen-bond donors (Lipinski definition) is 0. The lowest BCUT2D eigenvalue weighted by atomic mass is 10.1. The topological polar surface area (TPSA) is 26.3 Å². The average molecular weight is 238 g/mol. The van der Waals surface area contributed by atoms with Crippen molar-refractivity contribution in [1.82, 2.24) is 0 Å². The molecule has 0 amide bonds. The Kier molecular flexibility index (Phi) is 12.2. The van der Waals surface area contributed by atoms with Crippen molar-refractivity contribution in [3.8, 4) is 0 Å². The fourth-order valence-electron chi connectivity index (χ4n) is 1.54. The molecule has 0 atom stereocenters. The summed E-state index contributed by atoms with van der Waals surface area (Å²) in [6.45, 7) is 2.24. The molecule has 0 rings (SSSR count). The molecular formula is C15H26O2. The molecular weight excluding hydrogens is 212 g/mol. The van der Waals surface area contributed by atoms with Crippen LogP contribution >= 0.6 is 0 Å². The number of carbonyl (C=O) groups excluding carboxylic acids is 1. The summed E-state index contributed by atoms with van der Waals surface area (Å²) in [6.07, 6.45) is 17.4. The van der Waals surface area contributed by atoms with E-state index in [1.807, 2.05) is 18.2 Å². The van der Waals surface area contributed by atoms with E-state index >= 15 is 0 Å². The summed E-state index contributed by atoms with van der Waals surface area (Å²) in [7, 11) is 1.41. The Morgan fingerprint density at radius 1 is 1.00 bits per heavy atom. The van der Waals surface area contributed by atoms with Crippen molar-refractivity contribution in [3.05, 3.63) is 24.3 Å². The van der Waals surface area contributed by atoms with E-state index < -0.39 is 0 Å². The minimum Gasteiger partial charge on any atom is -0.469 e. The second-order valence-electron chi connectivity index (χ2n) is 4.19.